The summed E-state index contributed by atoms with van der Waals surface area (Å²) in [4.78, 5) is 12.6. The first-order valence-corrected chi connectivity index (χ1v) is 7.58. The summed E-state index contributed by atoms with van der Waals surface area (Å²) in [6, 6.07) is 8.25. The van der Waals surface area contributed by atoms with Gasteiger partial charge in [-0.2, -0.15) is 0 Å². The second-order valence-corrected chi connectivity index (χ2v) is 6.62. The predicted molar refractivity (Wildman–Crippen MR) is 90.4 cm³/mol. The molecule has 0 bridgehead atoms. The minimum atomic E-state index is -0.543. The molecule has 1 aromatic carbocycles. The van der Waals surface area contributed by atoms with Crippen molar-refractivity contribution in [3.8, 4) is 0 Å². The first-order valence-electron chi connectivity index (χ1n) is 7.20. The Balaban J connectivity index is 0.00000220. The lowest BCUT2D eigenvalue weighted by Crippen LogP contribution is -2.50. The van der Waals surface area contributed by atoms with Crippen LogP contribution in [0.15, 0.2) is 24.3 Å². The van der Waals surface area contributed by atoms with Crippen molar-refractivity contribution in [1.29, 1.82) is 0 Å². The van der Waals surface area contributed by atoms with Gasteiger partial charge in [-0.25, -0.2) is 0 Å². The van der Waals surface area contributed by atoms with E-state index >= 15 is 0 Å². The fourth-order valence-electron chi connectivity index (χ4n) is 2.63. The summed E-state index contributed by atoms with van der Waals surface area (Å²) in [5, 5.41) is 7.28. The number of nitrogens with one attached hydrogen (secondary N) is 2. The van der Waals surface area contributed by atoms with Crippen molar-refractivity contribution in [3.63, 3.8) is 0 Å². The number of amides is 1. The van der Waals surface area contributed by atoms with E-state index in [1.165, 1.54) is 0 Å². The summed E-state index contributed by atoms with van der Waals surface area (Å²) in [7, 11) is 0. The average molecular weight is 331 g/mol. The number of benzene rings is 1. The van der Waals surface area contributed by atoms with Gasteiger partial charge in [0.05, 0.1) is 5.41 Å². The summed E-state index contributed by atoms with van der Waals surface area (Å²) in [5.41, 5.74) is 0.444. The van der Waals surface area contributed by atoms with Crippen molar-refractivity contribution < 1.29 is 4.79 Å². The number of piperidine rings is 1. The van der Waals surface area contributed by atoms with Crippen LogP contribution < -0.4 is 10.6 Å². The highest BCUT2D eigenvalue weighted by Crippen LogP contribution is 2.25. The van der Waals surface area contributed by atoms with E-state index in [0.717, 1.165) is 24.9 Å². The molecule has 3 nitrogen and oxygen atoms in total. The third-order valence-electron chi connectivity index (χ3n) is 4.09. The molecular formula is C16H24Cl2N2O. The van der Waals surface area contributed by atoms with Crippen molar-refractivity contribution in [2.75, 3.05) is 6.54 Å². The van der Waals surface area contributed by atoms with Crippen molar-refractivity contribution in [2.24, 2.45) is 0 Å². The molecule has 1 fully saturated rings. The first-order chi connectivity index (χ1) is 9.39. The standard InChI is InChI=1S/C16H23ClN2O.ClH/c1-11-10-14(8-9-18-11)19-15(20)16(2,3)12-4-6-13(17)7-5-12;/h4-7,11,14,18H,8-10H2,1-3H3,(H,19,20);1H. The molecule has 1 heterocycles. The lowest BCUT2D eigenvalue weighted by molar-refractivity contribution is -0.126. The number of carbonyl (C=O) groups is 1. The van der Waals surface area contributed by atoms with Gasteiger partial charge < -0.3 is 10.6 Å². The van der Waals surface area contributed by atoms with E-state index in [9.17, 15) is 4.79 Å². The largest absolute Gasteiger partial charge is 0.353 e. The number of carbonyl (C=O) groups excluding carboxylic acids is 1. The molecule has 0 aliphatic carbocycles. The van der Waals surface area contributed by atoms with Crippen molar-refractivity contribution >= 4 is 29.9 Å². The molecule has 118 valence electrons. The van der Waals surface area contributed by atoms with Gasteiger partial charge in [0.2, 0.25) is 5.91 Å². The lowest BCUT2D eigenvalue weighted by Gasteiger charge is -2.32. The Morgan fingerprint density at radius 3 is 2.52 bits per heavy atom. The Labute approximate surface area is 138 Å². The molecule has 2 unspecified atom stereocenters. The van der Waals surface area contributed by atoms with Gasteiger partial charge in [-0.15, -0.1) is 12.4 Å². The van der Waals surface area contributed by atoms with Crippen LogP contribution in [0, 0.1) is 0 Å². The van der Waals surface area contributed by atoms with E-state index in [1.807, 2.05) is 38.1 Å². The van der Waals surface area contributed by atoms with E-state index in [4.69, 9.17) is 11.6 Å². The SMILES string of the molecule is CC1CC(NC(=O)C(C)(C)c2ccc(Cl)cc2)CCN1.Cl. The number of hydrogen-bond acceptors (Lipinski definition) is 2. The van der Waals surface area contributed by atoms with E-state index in [2.05, 4.69) is 17.6 Å². The first kappa shape index (κ1) is 18.3. The highest BCUT2D eigenvalue weighted by Gasteiger charge is 2.32. The van der Waals surface area contributed by atoms with Crippen LogP contribution in [0.3, 0.4) is 0 Å². The van der Waals surface area contributed by atoms with Gasteiger partial charge in [0.15, 0.2) is 0 Å². The number of hydrogen-bond donors (Lipinski definition) is 2. The average Bonchev–Trinajstić information content (AvgIpc) is 2.39. The van der Waals surface area contributed by atoms with Gasteiger partial charge in [-0.1, -0.05) is 23.7 Å². The van der Waals surface area contributed by atoms with Crippen LogP contribution in [-0.4, -0.2) is 24.5 Å². The third kappa shape index (κ3) is 4.60. The van der Waals surface area contributed by atoms with Gasteiger partial charge >= 0.3 is 0 Å². The molecule has 1 aliphatic rings. The normalized spacial score (nSPS) is 22.3. The predicted octanol–water partition coefficient (Wildman–Crippen LogP) is 3.30. The number of rotatable bonds is 3. The Kier molecular flexibility index (Phi) is 6.51. The zero-order valence-corrected chi connectivity index (χ0v) is 14.4. The maximum atomic E-state index is 12.6. The smallest absolute Gasteiger partial charge is 0.230 e. The topological polar surface area (TPSA) is 41.1 Å². The van der Waals surface area contributed by atoms with Crippen molar-refractivity contribution in [3.05, 3.63) is 34.9 Å². The Morgan fingerprint density at radius 1 is 1.33 bits per heavy atom. The summed E-state index contributed by atoms with van der Waals surface area (Å²) < 4.78 is 0. The van der Waals surface area contributed by atoms with Gasteiger partial charge in [-0.05, 0) is 57.9 Å². The molecule has 2 N–H and O–H groups in total. The minimum Gasteiger partial charge on any atom is -0.353 e. The fourth-order valence-corrected chi connectivity index (χ4v) is 2.75. The molecular weight excluding hydrogens is 307 g/mol. The van der Waals surface area contributed by atoms with Gasteiger partial charge in [-0.3, -0.25) is 4.79 Å². The molecule has 0 radical (unpaired) electrons. The Hall–Kier alpha value is -0.770. The molecule has 1 saturated heterocycles. The van der Waals surface area contributed by atoms with E-state index in [1.54, 1.807) is 0 Å². The molecule has 1 aromatic rings. The quantitative estimate of drug-likeness (QED) is 0.892. The van der Waals surface area contributed by atoms with E-state index in [-0.39, 0.29) is 24.4 Å². The van der Waals surface area contributed by atoms with Gasteiger partial charge in [0, 0.05) is 17.1 Å². The van der Waals surface area contributed by atoms with Crippen LogP contribution in [0.1, 0.15) is 39.2 Å². The minimum absolute atomic E-state index is 0. The third-order valence-corrected chi connectivity index (χ3v) is 4.34. The molecule has 2 atom stereocenters. The monoisotopic (exact) mass is 330 g/mol. The van der Waals surface area contributed by atoms with Crippen LogP contribution in [-0.2, 0) is 10.2 Å². The Morgan fingerprint density at radius 2 is 1.95 bits per heavy atom. The van der Waals surface area contributed by atoms with Gasteiger partial charge in [0.1, 0.15) is 0 Å². The van der Waals surface area contributed by atoms with E-state index in [0.29, 0.717) is 11.1 Å². The van der Waals surface area contributed by atoms with E-state index < -0.39 is 5.41 Å². The van der Waals surface area contributed by atoms with Crippen molar-refractivity contribution in [2.45, 2.75) is 51.1 Å². The molecule has 0 saturated carbocycles. The molecule has 1 amide bonds. The highest BCUT2D eigenvalue weighted by atomic mass is 35.5. The summed E-state index contributed by atoms with van der Waals surface area (Å²) in [6.07, 6.45) is 1.98. The van der Waals surface area contributed by atoms with Crippen LogP contribution in [0.4, 0.5) is 0 Å². The number of halogens is 2. The fraction of sp³-hybridized carbons (Fsp3) is 0.562. The lowest BCUT2D eigenvalue weighted by atomic mass is 9.83. The van der Waals surface area contributed by atoms with Crippen LogP contribution >= 0.6 is 24.0 Å². The molecule has 21 heavy (non-hydrogen) atoms. The molecule has 1 aliphatic heterocycles. The zero-order chi connectivity index (χ0) is 14.8. The summed E-state index contributed by atoms with van der Waals surface area (Å²) in [5.74, 6) is 0.0823. The van der Waals surface area contributed by atoms with Gasteiger partial charge in [0.25, 0.3) is 0 Å². The molecule has 5 heteroatoms. The van der Waals surface area contributed by atoms with Crippen LogP contribution in [0.25, 0.3) is 0 Å². The zero-order valence-electron chi connectivity index (χ0n) is 12.8. The van der Waals surface area contributed by atoms with Crippen LogP contribution in [0.2, 0.25) is 5.02 Å². The maximum absolute atomic E-state index is 12.6. The second-order valence-electron chi connectivity index (χ2n) is 6.18. The summed E-state index contributed by atoms with van der Waals surface area (Å²) in [6.45, 7) is 7.03. The maximum Gasteiger partial charge on any atom is 0.230 e. The van der Waals surface area contributed by atoms with Crippen molar-refractivity contribution in [1.82, 2.24) is 10.6 Å². The Bertz CT molecular complexity index is 474. The second kappa shape index (κ2) is 7.48. The highest BCUT2D eigenvalue weighted by molar-refractivity contribution is 6.30. The molecule has 0 aromatic heterocycles. The molecule has 0 spiro atoms. The van der Waals surface area contributed by atoms with Crippen LogP contribution in [0.5, 0.6) is 0 Å². The molecule has 2 rings (SSSR count). The summed E-state index contributed by atoms with van der Waals surface area (Å²) >= 11 is 5.91.